The summed E-state index contributed by atoms with van der Waals surface area (Å²) in [5.74, 6) is 0.268. The van der Waals surface area contributed by atoms with Gasteiger partial charge in [-0.1, -0.05) is 18.2 Å². The summed E-state index contributed by atoms with van der Waals surface area (Å²) in [4.78, 5) is 29.1. The van der Waals surface area contributed by atoms with Crippen molar-refractivity contribution in [1.29, 1.82) is 5.26 Å². The number of nitrogen functional groups attached to an aromatic ring is 1. The zero-order valence-electron chi connectivity index (χ0n) is 28.7. The Balaban J connectivity index is 1.11. The van der Waals surface area contributed by atoms with Crippen LogP contribution in [-0.2, 0) is 9.53 Å². The van der Waals surface area contributed by atoms with Gasteiger partial charge in [0.25, 0.3) is 5.91 Å². The van der Waals surface area contributed by atoms with Gasteiger partial charge in [0, 0.05) is 56.4 Å². The normalized spacial score (nSPS) is 20.3. The molecule has 0 saturated carbocycles. The molecule has 3 saturated heterocycles. The lowest BCUT2D eigenvalue weighted by Gasteiger charge is -2.52. The third-order valence-electron chi connectivity index (χ3n) is 10.3. The standard InChI is InChI=1S/C37H42FN9O3/c1-36(2,45-14-16-46(17-15-45)37(3)22-49-23-37)19-25(20-39)35(48)44-13-7-8-26(21-44)47-34-31(33(40)41-24-42-34)32(43-47)29-12-11-28(18-30(29)38)50-27-9-5-4-6-10-27/h4-6,9-12,18-19,24,26H,7-8,13-17,21-23H2,1-3H3,(H2,40,41,42)/b25-19-/t26-/m1/s1. The maximum atomic E-state index is 15.7. The van der Waals surface area contributed by atoms with Crippen LogP contribution in [0, 0.1) is 17.1 Å². The first kappa shape index (κ1) is 33.6. The number of nitrogens with zero attached hydrogens (tertiary/aromatic N) is 8. The minimum Gasteiger partial charge on any atom is -0.457 e. The fourth-order valence-corrected chi connectivity index (χ4v) is 7.31. The minimum absolute atomic E-state index is 0.0966. The van der Waals surface area contributed by atoms with Gasteiger partial charge in [-0.25, -0.2) is 19.0 Å². The molecule has 3 fully saturated rings. The van der Waals surface area contributed by atoms with Crippen LogP contribution in [0.2, 0.25) is 0 Å². The summed E-state index contributed by atoms with van der Waals surface area (Å²) >= 11 is 0. The Hall–Kier alpha value is -4.90. The number of hydrogen-bond acceptors (Lipinski definition) is 10. The van der Waals surface area contributed by atoms with Gasteiger partial charge in [0.1, 0.15) is 46.8 Å². The van der Waals surface area contributed by atoms with E-state index in [1.165, 1.54) is 12.4 Å². The second-order valence-electron chi connectivity index (χ2n) is 14.1. The van der Waals surface area contributed by atoms with Gasteiger partial charge in [-0.15, -0.1) is 0 Å². The molecule has 0 bridgehead atoms. The Morgan fingerprint density at radius 1 is 1.10 bits per heavy atom. The first-order valence-electron chi connectivity index (χ1n) is 17.1. The highest BCUT2D eigenvalue weighted by molar-refractivity contribution is 5.99. The molecule has 4 aromatic rings. The highest BCUT2D eigenvalue weighted by Crippen LogP contribution is 2.37. The Labute approximate surface area is 290 Å². The molecule has 50 heavy (non-hydrogen) atoms. The number of hydrogen-bond donors (Lipinski definition) is 1. The molecule has 0 aliphatic carbocycles. The molecule has 3 aliphatic heterocycles. The molecule has 7 rings (SSSR count). The van der Waals surface area contributed by atoms with Crippen molar-refractivity contribution in [3.05, 3.63) is 72.3 Å². The predicted octanol–water partition coefficient (Wildman–Crippen LogP) is 4.81. The van der Waals surface area contributed by atoms with Crippen molar-refractivity contribution in [2.45, 2.75) is 50.7 Å². The largest absolute Gasteiger partial charge is 0.457 e. The Kier molecular flexibility index (Phi) is 9.02. The zero-order valence-corrected chi connectivity index (χ0v) is 28.7. The molecule has 3 aliphatic rings. The van der Waals surface area contributed by atoms with Crippen LogP contribution in [-0.4, -0.2) is 104 Å². The number of fused-ring (bicyclic) bond motifs is 1. The lowest BCUT2D eigenvalue weighted by atomic mass is 9.94. The Morgan fingerprint density at radius 2 is 1.86 bits per heavy atom. The van der Waals surface area contributed by atoms with Crippen molar-refractivity contribution in [2.75, 3.05) is 58.2 Å². The van der Waals surface area contributed by atoms with Gasteiger partial charge >= 0.3 is 0 Å². The molecule has 0 radical (unpaired) electrons. The van der Waals surface area contributed by atoms with Gasteiger partial charge in [0.2, 0.25) is 0 Å². The second kappa shape index (κ2) is 13.4. The van der Waals surface area contributed by atoms with Crippen LogP contribution in [0.25, 0.3) is 22.3 Å². The number of ether oxygens (including phenoxy) is 2. The summed E-state index contributed by atoms with van der Waals surface area (Å²) in [7, 11) is 0. The molecule has 260 valence electrons. The van der Waals surface area contributed by atoms with Gasteiger partial charge < -0.3 is 20.1 Å². The van der Waals surface area contributed by atoms with E-state index in [1.807, 2.05) is 24.3 Å². The van der Waals surface area contributed by atoms with E-state index in [2.05, 4.69) is 46.6 Å². The predicted molar refractivity (Wildman–Crippen MR) is 187 cm³/mol. The maximum absolute atomic E-state index is 15.7. The van der Waals surface area contributed by atoms with Gasteiger partial charge in [-0.2, -0.15) is 10.4 Å². The summed E-state index contributed by atoms with van der Waals surface area (Å²) < 4.78 is 28.7. The molecule has 2 N–H and O–H groups in total. The van der Waals surface area contributed by atoms with E-state index in [4.69, 9.17) is 20.3 Å². The van der Waals surface area contributed by atoms with Crippen molar-refractivity contribution >= 4 is 22.8 Å². The van der Waals surface area contributed by atoms with Crippen molar-refractivity contribution in [3.8, 4) is 28.8 Å². The molecule has 5 heterocycles. The van der Waals surface area contributed by atoms with E-state index in [9.17, 15) is 10.1 Å². The third kappa shape index (κ3) is 6.42. The number of amides is 1. The number of likely N-dealkylation sites (tertiary alicyclic amines) is 1. The van der Waals surface area contributed by atoms with Crippen LogP contribution in [0.15, 0.2) is 66.5 Å². The lowest BCUT2D eigenvalue weighted by molar-refractivity contribution is -0.142. The summed E-state index contributed by atoms with van der Waals surface area (Å²) in [6.07, 6.45) is 4.57. The number of para-hydroxylation sites is 1. The molecule has 0 unspecified atom stereocenters. The van der Waals surface area contributed by atoms with Crippen LogP contribution in [0.4, 0.5) is 10.2 Å². The molecule has 12 nitrogen and oxygen atoms in total. The van der Waals surface area contributed by atoms with E-state index >= 15 is 4.39 Å². The van der Waals surface area contributed by atoms with Crippen LogP contribution in [0.1, 0.15) is 39.7 Å². The monoisotopic (exact) mass is 679 g/mol. The van der Waals surface area contributed by atoms with Crippen LogP contribution < -0.4 is 10.5 Å². The van der Waals surface area contributed by atoms with Crippen LogP contribution >= 0.6 is 0 Å². The van der Waals surface area contributed by atoms with E-state index in [-0.39, 0.29) is 34.4 Å². The number of piperazine rings is 1. The second-order valence-corrected chi connectivity index (χ2v) is 14.1. The van der Waals surface area contributed by atoms with Gasteiger partial charge in [0.05, 0.1) is 30.2 Å². The number of halogens is 1. The molecule has 2 aromatic carbocycles. The number of benzene rings is 2. The van der Waals surface area contributed by atoms with E-state index in [1.54, 1.807) is 33.8 Å². The summed E-state index contributed by atoms with van der Waals surface area (Å²) in [5, 5.41) is 15.5. The SMILES string of the molecule is CC(C)(/C=C(/C#N)C(=O)N1CCC[C@@H](n2nc(-c3ccc(Oc4ccccc4)cc3F)c3c(N)ncnc32)C1)N1CCN(C2(C)COC2)CC1. The summed E-state index contributed by atoms with van der Waals surface area (Å²) in [5.41, 5.74) is 7.05. The van der Waals surface area contributed by atoms with Gasteiger partial charge in [-0.05, 0) is 64.0 Å². The van der Waals surface area contributed by atoms with Crippen molar-refractivity contribution in [3.63, 3.8) is 0 Å². The highest BCUT2D eigenvalue weighted by Gasteiger charge is 2.42. The average molecular weight is 680 g/mol. The number of carbonyl (C=O) groups is 1. The first-order chi connectivity index (χ1) is 24.1. The lowest BCUT2D eigenvalue weighted by Crippen LogP contribution is -2.66. The van der Waals surface area contributed by atoms with Crippen LogP contribution in [0.3, 0.4) is 0 Å². The fraction of sp³-hybridized carbons (Fsp3) is 0.432. The topological polar surface area (TPSA) is 139 Å². The smallest absolute Gasteiger partial charge is 0.264 e. The molecular weight excluding hydrogens is 637 g/mol. The first-order valence-corrected chi connectivity index (χ1v) is 17.1. The summed E-state index contributed by atoms with van der Waals surface area (Å²) in [6.45, 7) is 12.2. The van der Waals surface area contributed by atoms with E-state index in [0.29, 0.717) is 54.2 Å². The molecule has 0 spiro atoms. The number of anilines is 1. The van der Waals surface area contributed by atoms with Crippen molar-refractivity contribution in [2.24, 2.45) is 0 Å². The fourth-order valence-electron chi connectivity index (χ4n) is 7.31. The molecule has 2 aromatic heterocycles. The minimum atomic E-state index is -0.534. The van der Waals surface area contributed by atoms with E-state index in [0.717, 1.165) is 39.4 Å². The molecule has 1 amide bonds. The van der Waals surface area contributed by atoms with Crippen molar-refractivity contribution < 1.29 is 18.7 Å². The zero-order chi connectivity index (χ0) is 35.0. The summed E-state index contributed by atoms with van der Waals surface area (Å²) in [6, 6.07) is 15.7. The maximum Gasteiger partial charge on any atom is 0.264 e. The Bertz CT molecular complexity index is 1960. The highest BCUT2D eigenvalue weighted by atomic mass is 19.1. The molecular formula is C37H42FN9O3. The Morgan fingerprint density at radius 3 is 2.54 bits per heavy atom. The van der Waals surface area contributed by atoms with Gasteiger partial charge in [-0.3, -0.25) is 14.6 Å². The van der Waals surface area contributed by atoms with Crippen molar-refractivity contribution in [1.82, 2.24) is 34.4 Å². The number of nitriles is 1. The third-order valence-corrected chi connectivity index (χ3v) is 10.3. The quantitative estimate of drug-likeness (QED) is 0.204. The van der Waals surface area contributed by atoms with E-state index < -0.39 is 11.4 Å². The van der Waals surface area contributed by atoms with Crippen LogP contribution in [0.5, 0.6) is 11.5 Å². The number of nitrogens with two attached hydrogens (primary N) is 1. The molecule has 1 atom stereocenters. The van der Waals surface area contributed by atoms with Gasteiger partial charge in [0.15, 0.2) is 5.65 Å². The average Bonchev–Trinajstić information content (AvgIpc) is 3.50. The number of rotatable bonds is 8. The number of aromatic nitrogens is 4. The number of piperidine rings is 1. The molecule has 13 heteroatoms. The number of carbonyl (C=O) groups excluding carboxylic acids is 1.